The van der Waals surface area contributed by atoms with Crippen LogP contribution in [0, 0.1) is 13.8 Å². The molecule has 4 heterocycles. The molecule has 0 unspecified atom stereocenters. The molecule has 0 saturated heterocycles. The number of amides is 2. The van der Waals surface area contributed by atoms with Gasteiger partial charge in [-0.2, -0.15) is 5.10 Å². The molecule has 0 bridgehead atoms. The fourth-order valence-corrected chi connectivity index (χ4v) is 5.06. The molecule has 7 nitrogen and oxygen atoms in total. The van der Waals surface area contributed by atoms with E-state index in [-0.39, 0.29) is 11.9 Å². The summed E-state index contributed by atoms with van der Waals surface area (Å²) in [7, 11) is 0. The van der Waals surface area contributed by atoms with Gasteiger partial charge in [-0.05, 0) is 50.8 Å². The number of anilines is 1. The van der Waals surface area contributed by atoms with Gasteiger partial charge in [0.1, 0.15) is 5.00 Å². The predicted molar refractivity (Wildman–Crippen MR) is 121 cm³/mol. The smallest absolute Gasteiger partial charge is 0.257 e. The van der Waals surface area contributed by atoms with Crippen molar-refractivity contribution in [2.75, 3.05) is 5.32 Å². The summed E-state index contributed by atoms with van der Waals surface area (Å²) in [5, 5.41) is 10.4. The van der Waals surface area contributed by atoms with Gasteiger partial charge in [0, 0.05) is 10.9 Å². The van der Waals surface area contributed by atoms with Gasteiger partial charge in [-0.1, -0.05) is 6.07 Å². The lowest BCUT2D eigenvalue weighted by atomic mass is 10.1. The summed E-state index contributed by atoms with van der Waals surface area (Å²) in [6, 6.07) is 5.77. The average molecular weight is 440 g/mol. The second kappa shape index (κ2) is 7.66. The lowest BCUT2D eigenvalue weighted by Crippen LogP contribution is -2.18. The second-order valence-corrected chi connectivity index (χ2v) is 9.43. The molecule has 3 N–H and O–H groups in total. The molecule has 30 heavy (non-hydrogen) atoms. The Bertz CT molecular complexity index is 1270. The molecule has 2 amide bonds. The normalized spacial score (nSPS) is 11.4. The van der Waals surface area contributed by atoms with E-state index in [2.05, 4.69) is 10.4 Å². The van der Waals surface area contributed by atoms with Crippen LogP contribution in [0.5, 0.6) is 0 Å². The highest BCUT2D eigenvalue weighted by Gasteiger charge is 2.23. The summed E-state index contributed by atoms with van der Waals surface area (Å²) in [4.78, 5) is 31.9. The van der Waals surface area contributed by atoms with Gasteiger partial charge in [0.05, 0.1) is 33.3 Å². The summed E-state index contributed by atoms with van der Waals surface area (Å²) in [6.07, 6.45) is 1.66. The van der Waals surface area contributed by atoms with Crippen molar-refractivity contribution in [1.82, 2.24) is 14.8 Å². The zero-order chi connectivity index (χ0) is 21.6. The molecule has 4 rings (SSSR count). The molecule has 0 aliphatic rings. The summed E-state index contributed by atoms with van der Waals surface area (Å²) >= 11 is 2.90. The van der Waals surface area contributed by atoms with E-state index in [1.807, 2.05) is 45.2 Å². The SMILES string of the molecule is Cc1sc(NC(=O)c2cc(-c3cccs3)nc3c2cnn3C(C)C)c(C(N)=O)c1C. The third-order valence-corrected chi connectivity index (χ3v) is 6.95. The van der Waals surface area contributed by atoms with Crippen LogP contribution in [0.3, 0.4) is 0 Å². The number of aromatic nitrogens is 3. The number of hydrogen-bond acceptors (Lipinski definition) is 6. The van der Waals surface area contributed by atoms with Crippen molar-refractivity contribution in [2.24, 2.45) is 5.73 Å². The van der Waals surface area contributed by atoms with E-state index in [1.165, 1.54) is 11.3 Å². The topological polar surface area (TPSA) is 103 Å². The second-order valence-electron chi connectivity index (χ2n) is 7.26. The van der Waals surface area contributed by atoms with Gasteiger partial charge in [-0.25, -0.2) is 9.67 Å². The monoisotopic (exact) mass is 439 g/mol. The minimum atomic E-state index is -0.557. The number of pyridine rings is 1. The quantitative estimate of drug-likeness (QED) is 0.467. The summed E-state index contributed by atoms with van der Waals surface area (Å²) in [6.45, 7) is 7.76. The van der Waals surface area contributed by atoms with Crippen molar-refractivity contribution in [1.29, 1.82) is 0 Å². The van der Waals surface area contributed by atoms with Gasteiger partial charge in [-0.3, -0.25) is 9.59 Å². The molecule has 0 radical (unpaired) electrons. The van der Waals surface area contributed by atoms with Crippen molar-refractivity contribution < 1.29 is 9.59 Å². The first-order valence-electron chi connectivity index (χ1n) is 9.41. The summed E-state index contributed by atoms with van der Waals surface area (Å²) in [5.74, 6) is -0.883. The third kappa shape index (κ3) is 3.40. The Hall–Kier alpha value is -3.04. The number of nitrogens with zero attached hydrogens (tertiary/aromatic N) is 3. The van der Waals surface area contributed by atoms with E-state index >= 15 is 0 Å². The van der Waals surface area contributed by atoms with Crippen molar-refractivity contribution in [3.8, 4) is 10.6 Å². The molecular formula is C21H21N5O2S2. The van der Waals surface area contributed by atoms with E-state index in [1.54, 1.807) is 28.3 Å². The summed E-state index contributed by atoms with van der Waals surface area (Å²) < 4.78 is 1.80. The number of nitrogens with one attached hydrogen (secondary N) is 1. The number of primary amides is 1. The third-order valence-electron chi connectivity index (χ3n) is 4.93. The molecule has 0 spiro atoms. The van der Waals surface area contributed by atoms with Crippen LogP contribution in [0.2, 0.25) is 0 Å². The van der Waals surface area contributed by atoms with E-state index in [4.69, 9.17) is 10.7 Å². The zero-order valence-corrected chi connectivity index (χ0v) is 18.6. The van der Waals surface area contributed by atoms with Crippen LogP contribution in [0.15, 0.2) is 29.8 Å². The van der Waals surface area contributed by atoms with Crippen molar-refractivity contribution in [3.05, 3.63) is 51.3 Å². The molecule has 0 aliphatic heterocycles. The van der Waals surface area contributed by atoms with Crippen molar-refractivity contribution >= 4 is 50.5 Å². The van der Waals surface area contributed by atoms with Gasteiger partial charge in [-0.15, -0.1) is 22.7 Å². The molecule has 154 valence electrons. The molecule has 0 aromatic carbocycles. The minimum Gasteiger partial charge on any atom is -0.365 e. The number of rotatable bonds is 5. The maximum absolute atomic E-state index is 13.3. The lowest BCUT2D eigenvalue weighted by Gasteiger charge is -2.10. The Morgan fingerprint density at radius 3 is 2.67 bits per heavy atom. The maximum atomic E-state index is 13.3. The fourth-order valence-electron chi connectivity index (χ4n) is 3.32. The Morgan fingerprint density at radius 1 is 1.27 bits per heavy atom. The first-order valence-corrected chi connectivity index (χ1v) is 11.1. The maximum Gasteiger partial charge on any atom is 0.257 e. The molecule has 4 aromatic heterocycles. The van der Waals surface area contributed by atoms with E-state index in [0.29, 0.717) is 32.9 Å². The van der Waals surface area contributed by atoms with Crippen LogP contribution in [0.4, 0.5) is 5.00 Å². The molecule has 0 fully saturated rings. The van der Waals surface area contributed by atoms with Crippen molar-refractivity contribution in [2.45, 2.75) is 33.7 Å². The number of aryl methyl sites for hydroxylation is 1. The zero-order valence-electron chi connectivity index (χ0n) is 17.0. The lowest BCUT2D eigenvalue weighted by molar-refractivity contribution is 0.100. The van der Waals surface area contributed by atoms with Gasteiger partial charge < -0.3 is 11.1 Å². The Balaban J connectivity index is 1.85. The standard InChI is InChI=1S/C21H21N5O2S2/c1-10(2)26-19-14(9-23-26)13(8-15(24-19)16-6-5-7-29-16)20(28)25-21-17(18(22)27)11(3)12(4)30-21/h5-10H,1-4H3,(H2,22,27)(H,25,28). The van der Waals surface area contributed by atoms with Gasteiger partial charge >= 0.3 is 0 Å². The Kier molecular flexibility index (Phi) is 5.17. The Labute approximate surface area is 181 Å². The molecule has 0 saturated carbocycles. The largest absolute Gasteiger partial charge is 0.365 e. The molecule has 9 heteroatoms. The number of nitrogens with two attached hydrogens (primary N) is 1. The van der Waals surface area contributed by atoms with Crippen LogP contribution in [0.25, 0.3) is 21.6 Å². The van der Waals surface area contributed by atoms with Crippen LogP contribution in [0.1, 0.15) is 51.0 Å². The Morgan fingerprint density at radius 2 is 2.03 bits per heavy atom. The summed E-state index contributed by atoms with van der Waals surface area (Å²) in [5.41, 5.74) is 8.50. The molecular weight excluding hydrogens is 418 g/mol. The predicted octanol–water partition coefficient (Wildman–Crippen LogP) is 4.77. The highest BCUT2D eigenvalue weighted by atomic mass is 32.1. The average Bonchev–Trinajstić information content (AvgIpc) is 3.40. The fraction of sp³-hybridized carbons (Fsp3) is 0.238. The van der Waals surface area contributed by atoms with Crippen LogP contribution in [-0.4, -0.2) is 26.6 Å². The van der Waals surface area contributed by atoms with Crippen LogP contribution < -0.4 is 11.1 Å². The van der Waals surface area contributed by atoms with E-state index < -0.39 is 5.91 Å². The van der Waals surface area contributed by atoms with Gasteiger partial charge in [0.15, 0.2) is 5.65 Å². The van der Waals surface area contributed by atoms with Gasteiger partial charge in [0.25, 0.3) is 11.8 Å². The van der Waals surface area contributed by atoms with Crippen LogP contribution >= 0.6 is 22.7 Å². The van der Waals surface area contributed by atoms with E-state index in [0.717, 1.165) is 15.3 Å². The highest BCUT2D eigenvalue weighted by molar-refractivity contribution is 7.17. The highest BCUT2D eigenvalue weighted by Crippen LogP contribution is 2.34. The first kappa shape index (κ1) is 20.2. The molecule has 0 atom stereocenters. The van der Waals surface area contributed by atoms with Crippen molar-refractivity contribution in [3.63, 3.8) is 0 Å². The number of fused-ring (bicyclic) bond motifs is 1. The molecule has 4 aromatic rings. The van der Waals surface area contributed by atoms with Crippen LogP contribution in [-0.2, 0) is 0 Å². The number of carbonyl (C=O) groups excluding carboxylic acids is 2. The van der Waals surface area contributed by atoms with Gasteiger partial charge in [0.2, 0.25) is 0 Å². The first-order chi connectivity index (χ1) is 14.3. The number of hydrogen-bond donors (Lipinski definition) is 2. The number of carbonyl (C=O) groups is 2. The minimum absolute atomic E-state index is 0.0913. The molecule has 0 aliphatic carbocycles. The number of thiophene rings is 2. The van der Waals surface area contributed by atoms with E-state index in [9.17, 15) is 9.59 Å².